The largest absolute Gasteiger partial charge is 0.398 e. The average Bonchev–Trinajstić information content (AvgIpc) is 2.17. The molecular weight excluding hydrogens is 164 g/mol. The molecule has 1 rings (SSSR count). The first-order chi connectivity index (χ1) is 6.24. The number of benzene rings is 1. The Balaban J connectivity index is 3.59. The van der Waals surface area contributed by atoms with Crippen LogP contribution in [-0.4, -0.2) is 6.21 Å². The number of nitrogens with two attached hydrogens (primary N) is 1. The molecule has 0 spiro atoms. The SMILES string of the molecule is N#Cc1ccc(N)c(C=N)c1C#N. The zero-order valence-corrected chi connectivity index (χ0v) is 6.70. The molecule has 0 amide bonds. The Morgan fingerprint density at radius 1 is 1.31 bits per heavy atom. The van der Waals surface area contributed by atoms with Crippen LogP contribution in [0.3, 0.4) is 0 Å². The molecule has 0 bridgehead atoms. The zero-order valence-electron chi connectivity index (χ0n) is 6.70. The molecular formula is C9H6N4. The van der Waals surface area contributed by atoms with Crippen molar-refractivity contribution in [3.05, 3.63) is 28.8 Å². The summed E-state index contributed by atoms with van der Waals surface area (Å²) < 4.78 is 0. The third-order valence-corrected chi connectivity index (χ3v) is 1.66. The summed E-state index contributed by atoms with van der Waals surface area (Å²) in [6.07, 6.45) is 0.981. The zero-order chi connectivity index (χ0) is 9.84. The number of nitrogen functional groups attached to an aromatic ring is 1. The number of hydrogen-bond donors (Lipinski definition) is 2. The maximum atomic E-state index is 8.73. The van der Waals surface area contributed by atoms with Gasteiger partial charge in [0.1, 0.15) is 12.1 Å². The number of rotatable bonds is 1. The van der Waals surface area contributed by atoms with E-state index in [9.17, 15) is 0 Å². The summed E-state index contributed by atoms with van der Waals surface area (Å²) in [5.74, 6) is 0. The standard InChI is InChI=1S/C9H6N4/c10-3-6-1-2-9(13)8(5-12)7(6)4-11/h1-2,5,12H,13H2. The molecule has 0 heterocycles. The number of anilines is 1. The third kappa shape index (κ3) is 1.33. The van der Waals surface area contributed by atoms with Gasteiger partial charge in [0.2, 0.25) is 0 Å². The molecule has 0 aliphatic carbocycles. The van der Waals surface area contributed by atoms with Gasteiger partial charge >= 0.3 is 0 Å². The van der Waals surface area contributed by atoms with E-state index in [0.29, 0.717) is 11.3 Å². The maximum absolute atomic E-state index is 8.73. The predicted octanol–water partition coefficient (Wildman–Crippen LogP) is 1.01. The normalized spacial score (nSPS) is 8.46. The highest BCUT2D eigenvalue weighted by Crippen LogP contribution is 2.17. The maximum Gasteiger partial charge on any atom is 0.101 e. The van der Waals surface area contributed by atoms with Gasteiger partial charge in [0.05, 0.1) is 11.1 Å². The van der Waals surface area contributed by atoms with Gasteiger partial charge < -0.3 is 11.1 Å². The highest BCUT2D eigenvalue weighted by Gasteiger charge is 2.08. The van der Waals surface area contributed by atoms with Crippen molar-refractivity contribution in [3.8, 4) is 12.1 Å². The molecule has 13 heavy (non-hydrogen) atoms. The topological polar surface area (TPSA) is 97.4 Å². The summed E-state index contributed by atoms with van der Waals surface area (Å²) >= 11 is 0. The molecule has 0 atom stereocenters. The van der Waals surface area contributed by atoms with Crippen LogP contribution in [0.4, 0.5) is 5.69 Å². The van der Waals surface area contributed by atoms with Gasteiger partial charge in [0.25, 0.3) is 0 Å². The Kier molecular flexibility index (Phi) is 2.28. The van der Waals surface area contributed by atoms with Crippen molar-refractivity contribution >= 4 is 11.9 Å². The molecule has 0 saturated heterocycles. The Labute approximate surface area is 75.3 Å². The van der Waals surface area contributed by atoms with Gasteiger partial charge in [0.15, 0.2) is 0 Å². The Hall–Kier alpha value is -2.33. The lowest BCUT2D eigenvalue weighted by molar-refractivity contribution is 1.41. The predicted molar refractivity (Wildman–Crippen MR) is 48.2 cm³/mol. The Bertz CT molecular complexity index is 434. The Morgan fingerprint density at radius 3 is 2.46 bits per heavy atom. The van der Waals surface area contributed by atoms with E-state index < -0.39 is 0 Å². The van der Waals surface area contributed by atoms with Crippen LogP contribution in [-0.2, 0) is 0 Å². The first kappa shape index (κ1) is 8.76. The van der Waals surface area contributed by atoms with E-state index in [1.807, 2.05) is 12.1 Å². The molecule has 3 N–H and O–H groups in total. The van der Waals surface area contributed by atoms with Crippen LogP contribution in [0.15, 0.2) is 12.1 Å². The van der Waals surface area contributed by atoms with Crippen LogP contribution in [0.25, 0.3) is 0 Å². The molecule has 0 aromatic heterocycles. The lowest BCUT2D eigenvalue weighted by Crippen LogP contribution is -1.98. The summed E-state index contributed by atoms with van der Waals surface area (Å²) in [4.78, 5) is 0. The first-order valence-corrected chi connectivity index (χ1v) is 3.47. The summed E-state index contributed by atoms with van der Waals surface area (Å²) in [5, 5.41) is 24.4. The summed E-state index contributed by atoms with van der Waals surface area (Å²) in [6.45, 7) is 0. The van der Waals surface area contributed by atoms with Gasteiger partial charge in [-0.25, -0.2) is 0 Å². The van der Waals surface area contributed by atoms with Crippen molar-refractivity contribution in [3.63, 3.8) is 0 Å². The minimum atomic E-state index is 0.164. The van der Waals surface area contributed by atoms with E-state index in [4.69, 9.17) is 21.7 Å². The van der Waals surface area contributed by atoms with E-state index in [1.54, 1.807) is 0 Å². The van der Waals surface area contributed by atoms with Gasteiger partial charge in [-0.05, 0) is 12.1 Å². The van der Waals surface area contributed by atoms with Crippen molar-refractivity contribution in [1.29, 1.82) is 15.9 Å². The van der Waals surface area contributed by atoms with Gasteiger partial charge in [-0.3, -0.25) is 0 Å². The van der Waals surface area contributed by atoms with Crippen LogP contribution in [0.1, 0.15) is 16.7 Å². The van der Waals surface area contributed by atoms with E-state index in [0.717, 1.165) is 6.21 Å². The quantitative estimate of drug-likeness (QED) is 0.486. The molecule has 0 radical (unpaired) electrons. The van der Waals surface area contributed by atoms with Crippen molar-refractivity contribution in [1.82, 2.24) is 0 Å². The summed E-state index contributed by atoms with van der Waals surface area (Å²) in [5.41, 5.74) is 6.57. The average molecular weight is 170 g/mol. The lowest BCUT2D eigenvalue weighted by Gasteiger charge is -2.02. The fourth-order valence-electron chi connectivity index (χ4n) is 1.00. The number of nitrogens with one attached hydrogen (secondary N) is 1. The van der Waals surface area contributed by atoms with Crippen molar-refractivity contribution in [2.24, 2.45) is 0 Å². The third-order valence-electron chi connectivity index (χ3n) is 1.66. The van der Waals surface area contributed by atoms with E-state index in [2.05, 4.69) is 0 Å². The van der Waals surface area contributed by atoms with Crippen molar-refractivity contribution in [2.45, 2.75) is 0 Å². The molecule has 0 unspecified atom stereocenters. The molecule has 4 heteroatoms. The molecule has 1 aromatic carbocycles. The number of nitriles is 2. The van der Waals surface area contributed by atoms with E-state index >= 15 is 0 Å². The second kappa shape index (κ2) is 3.38. The van der Waals surface area contributed by atoms with Crippen molar-refractivity contribution < 1.29 is 0 Å². The number of nitrogens with zero attached hydrogens (tertiary/aromatic N) is 2. The fraction of sp³-hybridized carbons (Fsp3) is 0. The minimum absolute atomic E-state index is 0.164. The van der Waals surface area contributed by atoms with Gasteiger partial charge in [-0.2, -0.15) is 10.5 Å². The van der Waals surface area contributed by atoms with Crippen LogP contribution >= 0.6 is 0 Å². The van der Waals surface area contributed by atoms with Crippen LogP contribution in [0, 0.1) is 28.1 Å². The van der Waals surface area contributed by atoms with Gasteiger partial charge in [-0.1, -0.05) is 0 Å². The van der Waals surface area contributed by atoms with Crippen LogP contribution in [0.2, 0.25) is 0 Å². The minimum Gasteiger partial charge on any atom is -0.398 e. The molecule has 0 aliphatic rings. The number of hydrogen-bond acceptors (Lipinski definition) is 4. The van der Waals surface area contributed by atoms with E-state index in [-0.39, 0.29) is 11.1 Å². The monoisotopic (exact) mass is 170 g/mol. The first-order valence-electron chi connectivity index (χ1n) is 3.47. The smallest absolute Gasteiger partial charge is 0.101 e. The second-order valence-corrected chi connectivity index (χ2v) is 2.36. The molecule has 0 aliphatic heterocycles. The van der Waals surface area contributed by atoms with Crippen LogP contribution < -0.4 is 5.73 Å². The Morgan fingerprint density at radius 2 is 2.00 bits per heavy atom. The van der Waals surface area contributed by atoms with Gasteiger partial charge in [-0.15, -0.1) is 0 Å². The molecule has 0 fully saturated rings. The molecule has 1 aromatic rings. The lowest BCUT2D eigenvalue weighted by atomic mass is 10.0. The highest BCUT2D eigenvalue weighted by atomic mass is 14.6. The fourth-order valence-corrected chi connectivity index (χ4v) is 1.00. The molecule has 62 valence electrons. The van der Waals surface area contributed by atoms with Crippen LogP contribution in [0.5, 0.6) is 0 Å². The van der Waals surface area contributed by atoms with Gasteiger partial charge in [0, 0.05) is 17.5 Å². The van der Waals surface area contributed by atoms with E-state index in [1.165, 1.54) is 12.1 Å². The molecule has 4 nitrogen and oxygen atoms in total. The summed E-state index contributed by atoms with van der Waals surface area (Å²) in [7, 11) is 0. The van der Waals surface area contributed by atoms with Crippen molar-refractivity contribution in [2.75, 3.05) is 5.73 Å². The second-order valence-electron chi connectivity index (χ2n) is 2.36. The molecule has 0 saturated carbocycles. The highest BCUT2D eigenvalue weighted by molar-refractivity contribution is 5.89. The summed E-state index contributed by atoms with van der Waals surface area (Å²) in [6, 6.07) is 6.71.